The third-order valence-corrected chi connectivity index (χ3v) is 4.88. The number of rotatable bonds is 6. The minimum Gasteiger partial charge on any atom is -0.324 e. The highest BCUT2D eigenvalue weighted by Gasteiger charge is 2.33. The summed E-state index contributed by atoms with van der Waals surface area (Å²) in [4.78, 5) is 23.8. The van der Waals surface area contributed by atoms with Gasteiger partial charge in [0.1, 0.15) is 6.54 Å². The monoisotopic (exact) mass is 414 g/mol. The quantitative estimate of drug-likeness (QED) is 0.735. The van der Waals surface area contributed by atoms with Gasteiger partial charge in [0.05, 0.1) is 23.2 Å². The number of benzene rings is 2. The molecule has 0 aromatic heterocycles. The molecule has 150 valence electrons. The van der Waals surface area contributed by atoms with Crippen LogP contribution in [0.15, 0.2) is 48.5 Å². The second-order valence-electron chi connectivity index (χ2n) is 5.97. The number of hydrogen-bond donors (Lipinski definition) is 1. The molecule has 0 atom stereocenters. The van der Waals surface area contributed by atoms with Crippen LogP contribution in [0.2, 0.25) is 0 Å². The average molecular weight is 414 g/mol. The zero-order valence-electron chi connectivity index (χ0n) is 14.9. The number of Topliss-reactive ketones (excluding diaryl/α,β-unsaturated/α-hetero) is 1. The van der Waals surface area contributed by atoms with E-state index in [0.717, 1.165) is 18.4 Å². The predicted molar refractivity (Wildman–Crippen MR) is 98.7 cm³/mol. The number of ketones is 1. The molecule has 0 spiro atoms. The standard InChI is InChI=1S/C18H17F3N2O4S/c1-12(24)13-6-5-7-14(10-13)23(28(2,26)27)11-17(25)22-16-9-4-3-8-15(16)18(19,20)21/h3-10H,11H2,1-2H3,(H,22,25). The largest absolute Gasteiger partial charge is 0.418 e. The van der Waals surface area contributed by atoms with Crippen molar-refractivity contribution in [1.82, 2.24) is 0 Å². The van der Waals surface area contributed by atoms with Gasteiger partial charge in [-0.25, -0.2) is 8.42 Å². The Kier molecular flexibility index (Phi) is 6.13. The highest BCUT2D eigenvalue weighted by molar-refractivity contribution is 7.92. The lowest BCUT2D eigenvalue weighted by Gasteiger charge is -2.23. The van der Waals surface area contributed by atoms with Crippen molar-refractivity contribution >= 4 is 33.1 Å². The van der Waals surface area contributed by atoms with Crippen LogP contribution in [0.1, 0.15) is 22.8 Å². The first-order chi connectivity index (χ1) is 12.9. The topological polar surface area (TPSA) is 83.6 Å². The van der Waals surface area contributed by atoms with Crippen LogP contribution >= 0.6 is 0 Å². The number of anilines is 2. The van der Waals surface area contributed by atoms with Crippen LogP contribution in [0.4, 0.5) is 24.5 Å². The van der Waals surface area contributed by atoms with Gasteiger partial charge in [0.2, 0.25) is 15.9 Å². The molecule has 2 aromatic carbocycles. The van der Waals surface area contributed by atoms with E-state index in [0.29, 0.717) is 4.31 Å². The Bertz CT molecular complexity index is 1000. The Labute approximate surface area is 160 Å². The van der Waals surface area contributed by atoms with Gasteiger partial charge in [0.15, 0.2) is 5.78 Å². The highest BCUT2D eigenvalue weighted by Crippen LogP contribution is 2.34. The first-order valence-electron chi connectivity index (χ1n) is 7.94. The lowest BCUT2D eigenvalue weighted by atomic mass is 10.1. The van der Waals surface area contributed by atoms with Gasteiger partial charge in [-0.3, -0.25) is 13.9 Å². The highest BCUT2D eigenvalue weighted by atomic mass is 32.2. The smallest absolute Gasteiger partial charge is 0.324 e. The first kappa shape index (κ1) is 21.4. The number of halogens is 3. The molecule has 0 aliphatic rings. The zero-order valence-corrected chi connectivity index (χ0v) is 15.8. The molecule has 1 N–H and O–H groups in total. The van der Waals surface area contributed by atoms with Crippen LogP contribution in [-0.4, -0.2) is 32.9 Å². The predicted octanol–water partition coefficient (Wildman–Crippen LogP) is 3.31. The molecule has 0 saturated heterocycles. The third kappa shape index (κ3) is 5.32. The number of alkyl halides is 3. The summed E-state index contributed by atoms with van der Waals surface area (Å²) >= 11 is 0. The van der Waals surface area contributed by atoms with E-state index in [1.807, 2.05) is 0 Å². The van der Waals surface area contributed by atoms with Gasteiger partial charge in [-0.1, -0.05) is 24.3 Å². The van der Waals surface area contributed by atoms with Gasteiger partial charge < -0.3 is 5.32 Å². The summed E-state index contributed by atoms with van der Waals surface area (Å²) in [7, 11) is -3.95. The van der Waals surface area contributed by atoms with E-state index in [-0.39, 0.29) is 17.0 Å². The van der Waals surface area contributed by atoms with E-state index in [1.165, 1.54) is 43.3 Å². The number of carbonyl (C=O) groups excluding carboxylic acids is 2. The molecule has 0 aliphatic carbocycles. The fraction of sp³-hybridized carbons (Fsp3) is 0.222. The summed E-state index contributed by atoms with van der Waals surface area (Å²) in [6, 6.07) is 9.96. The Morgan fingerprint density at radius 3 is 2.29 bits per heavy atom. The van der Waals surface area contributed by atoms with Gasteiger partial charge in [0.25, 0.3) is 0 Å². The van der Waals surface area contributed by atoms with Crippen LogP contribution in [-0.2, 0) is 21.0 Å². The molecule has 0 bridgehead atoms. The van der Waals surface area contributed by atoms with Gasteiger partial charge in [0, 0.05) is 5.56 Å². The number of sulfonamides is 1. The van der Waals surface area contributed by atoms with Gasteiger partial charge in [-0.05, 0) is 31.2 Å². The Balaban J connectivity index is 2.31. The average Bonchev–Trinajstić information content (AvgIpc) is 2.58. The lowest BCUT2D eigenvalue weighted by Crippen LogP contribution is -2.37. The summed E-state index contributed by atoms with van der Waals surface area (Å²) in [5.41, 5.74) is -1.25. The molecule has 0 fully saturated rings. The molecular weight excluding hydrogens is 397 g/mol. The van der Waals surface area contributed by atoms with Crippen LogP contribution < -0.4 is 9.62 Å². The Hall–Kier alpha value is -2.88. The van der Waals surface area contributed by atoms with Crippen molar-refractivity contribution in [3.05, 3.63) is 59.7 Å². The minimum atomic E-state index is -4.68. The maximum absolute atomic E-state index is 13.0. The molecule has 6 nitrogen and oxygen atoms in total. The minimum absolute atomic E-state index is 0.0504. The number of carbonyl (C=O) groups is 2. The van der Waals surface area contributed by atoms with Crippen molar-refractivity contribution in [2.45, 2.75) is 13.1 Å². The number of nitrogens with zero attached hydrogens (tertiary/aromatic N) is 1. The van der Waals surface area contributed by atoms with Crippen molar-refractivity contribution in [2.24, 2.45) is 0 Å². The summed E-state index contributed by atoms with van der Waals surface area (Å²) in [6.45, 7) is 0.539. The molecule has 0 radical (unpaired) electrons. The van der Waals surface area contributed by atoms with Crippen molar-refractivity contribution in [3.8, 4) is 0 Å². The lowest BCUT2D eigenvalue weighted by molar-refractivity contribution is -0.137. The molecule has 0 unspecified atom stereocenters. The number of nitrogens with one attached hydrogen (secondary N) is 1. The normalized spacial score (nSPS) is 11.8. The second kappa shape index (κ2) is 8.01. The zero-order chi connectivity index (χ0) is 21.1. The van der Waals surface area contributed by atoms with E-state index in [9.17, 15) is 31.2 Å². The molecular formula is C18H17F3N2O4S. The molecule has 2 aromatic rings. The van der Waals surface area contributed by atoms with E-state index in [4.69, 9.17) is 0 Å². The summed E-state index contributed by atoms with van der Waals surface area (Å²) < 4.78 is 64.1. The molecule has 0 heterocycles. The molecule has 0 saturated carbocycles. The first-order valence-corrected chi connectivity index (χ1v) is 9.79. The van der Waals surface area contributed by atoms with Crippen molar-refractivity contribution < 1.29 is 31.2 Å². The van der Waals surface area contributed by atoms with Gasteiger partial charge in [-0.2, -0.15) is 13.2 Å². The van der Waals surface area contributed by atoms with Gasteiger partial charge in [-0.15, -0.1) is 0 Å². The van der Waals surface area contributed by atoms with Crippen LogP contribution in [0.5, 0.6) is 0 Å². The van der Waals surface area contributed by atoms with E-state index in [1.54, 1.807) is 0 Å². The summed E-state index contributed by atoms with van der Waals surface area (Å²) in [5, 5.41) is 2.09. The van der Waals surface area contributed by atoms with E-state index < -0.39 is 39.9 Å². The number of para-hydroxylation sites is 1. The summed E-state index contributed by atoms with van der Waals surface area (Å²) in [5.74, 6) is -1.27. The number of hydrogen-bond acceptors (Lipinski definition) is 4. The molecule has 0 aliphatic heterocycles. The number of amides is 1. The van der Waals surface area contributed by atoms with E-state index in [2.05, 4.69) is 5.32 Å². The van der Waals surface area contributed by atoms with Gasteiger partial charge >= 0.3 is 6.18 Å². The SMILES string of the molecule is CC(=O)c1cccc(N(CC(=O)Nc2ccccc2C(F)(F)F)S(C)(=O)=O)c1. The van der Waals surface area contributed by atoms with Crippen LogP contribution in [0.25, 0.3) is 0 Å². The third-order valence-electron chi connectivity index (χ3n) is 3.73. The Morgan fingerprint density at radius 2 is 1.71 bits per heavy atom. The fourth-order valence-corrected chi connectivity index (χ4v) is 3.29. The summed E-state index contributed by atoms with van der Waals surface area (Å²) in [6.07, 6.45) is -3.83. The van der Waals surface area contributed by atoms with Crippen molar-refractivity contribution in [3.63, 3.8) is 0 Å². The molecule has 28 heavy (non-hydrogen) atoms. The molecule has 10 heteroatoms. The molecule has 2 rings (SSSR count). The van der Waals surface area contributed by atoms with Crippen LogP contribution in [0, 0.1) is 0 Å². The van der Waals surface area contributed by atoms with Crippen molar-refractivity contribution in [2.75, 3.05) is 22.4 Å². The van der Waals surface area contributed by atoms with Crippen molar-refractivity contribution in [1.29, 1.82) is 0 Å². The Morgan fingerprint density at radius 1 is 1.07 bits per heavy atom. The maximum atomic E-state index is 13.0. The second-order valence-corrected chi connectivity index (χ2v) is 7.87. The van der Waals surface area contributed by atoms with E-state index >= 15 is 0 Å². The maximum Gasteiger partial charge on any atom is 0.418 e. The molecule has 1 amide bonds. The van der Waals surface area contributed by atoms with Crippen LogP contribution in [0.3, 0.4) is 0 Å². The fourth-order valence-electron chi connectivity index (χ4n) is 2.44.